The highest BCUT2D eigenvalue weighted by Gasteiger charge is 2.23. The van der Waals surface area contributed by atoms with E-state index < -0.39 is 5.97 Å². The summed E-state index contributed by atoms with van der Waals surface area (Å²) in [5.41, 5.74) is 2.76. The SMILES string of the molecule is Cc1[nH]nc(CC(=O)O)c1C1CCOCC1. The van der Waals surface area contributed by atoms with Crippen LogP contribution in [0.5, 0.6) is 0 Å². The van der Waals surface area contributed by atoms with Gasteiger partial charge in [0.05, 0.1) is 12.1 Å². The number of hydrogen-bond donors (Lipinski definition) is 2. The second kappa shape index (κ2) is 4.65. The first-order valence-corrected chi connectivity index (χ1v) is 5.51. The molecule has 0 aromatic carbocycles. The summed E-state index contributed by atoms with van der Waals surface area (Å²) in [5.74, 6) is -0.443. The van der Waals surface area contributed by atoms with E-state index in [-0.39, 0.29) is 6.42 Å². The van der Waals surface area contributed by atoms with Crippen molar-refractivity contribution in [3.63, 3.8) is 0 Å². The van der Waals surface area contributed by atoms with Crippen molar-refractivity contribution in [1.29, 1.82) is 0 Å². The van der Waals surface area contributed by atoms with Crippen LogP contribution in [0.2, 0.25) is 0 Å². The normalized spacial score (nSPS) is 17.6. The number of aromatic amines is 1. The van der Waals surface area contributed by atoms with E-state index in [2.05, 4.69) is 10.2 Å². The summed E-state index contributed by atoms with van der Waals surface area (Å²) in [5, 5.41) is 15.8. The summed E-state index contributed by atoms with van der Waals surface area (Å²) < 4.78 is 5.31. The highest BCUT2D eigenvalue weighted by atomic mass is 16.5. The van der Waals surface area contributed by atoms with E-state index in [9.17, 15) is 4.79 Å². The number of hydrogen-bond acceptors (Lipinski definition) is 3. The third-order valence-electron chi connectivity index (χ3n) is 3.02. The quantitative estimate of drug-likeness (QED) is 0.810. The van der Waals surface area contributed by atoms with Crippen LogP contribution < -0.4 is 0 Å². The molecule has 88 valence electrons. The zero-order valence-corrected chi connectivity index (χ0v) is 9.32. The van der Waals surface area contributed by atoms with Crippen LogP contribution in [0.4, 0.5) is 0 Å². The second-order valence-corrected chi connectivity index (χ2v) is 4.17. The van der Waals surface area contributed by atoms with Gasteiger partial charge in [0, 0.05) is 18.9 Å². The van der Waals surface area contributed by atoms with Crippen molar-refractivity contribution < 1.29 is 14.6 Å². The molecular weight excluding hydrogens is 208 g/mol. The molecule has 16 heavy (non-hydrogen) atoms. The predicted molar refractivity (Wildman–Crippen MR) is 57.5 cm³/mol. The predicted octanol–water partition coefficient (Wildman–Crippen LogP) is 1.24. The molecule has 2 N–H and O–H groups in total. The number of rotatable bonds is 3. The van der Waals surface area contributed by atoms with Gasteiger partial charge in [0.1, 0.15) is 0 Å². The molecule has 2 heterocycles. The fourth-order valence-electron chi connectivity index (χ4n) is 2.29. The minimum absolute atomic E-state index is 0.00295. The van der Waals surface area contributed by atoms with Gasteiger partial charge >= 0.3 is 5.97 Å². The first-order chi connectivity index (χ1) is 7.68. The Hall–Kier alpha value is -1.36. The molecule has 0 unspecified atom stereocenters. The molecule has 5 nitrogen and oxygen atoms in total. The first kappa shape index (κ1) is 11.1. The Morgan fingerprint density at radius 1 is 1.56 bits per heavy atom. The summed E-state index contributed by atoms with van der Waals surface area (Å²) in [7, 11) is 0. The average molecular weight is 224 g/mol. The topological polar surface area (TPSA) is 75.2 Å². The third-order valence-corrected chi connectivity index (χ3v) is 3.02. The number of aliphatic carboxylic acids is 1. The summed E-state index contributed by atoms with van der Waals surface area (Å²) in [4.78, 5) is 10.7. The summed E-state index contributed by atoms with van der Waals surface area (Å²) in [6.07, 6.45) is 1.90. The highest BCUT2D eigenvalue weighted by Crippen LogP contribution is 2.30. The van der Waals surface area contributed by atoms with Crippen molar-refractivity contribution in [3.8, 4) is 0 Å². The van der Waals surface area contributed by atoms with Crippen LogP contribution in [0.3, 0.4) is 0 Å². The molecule has 1 fully saturated rings. The number of carboxylic acids is 1. The van der Waals surface area contributed by atoms with Gasteiger partial charge in [0.25, 0.3) is 0 Å². The fraction of sp³-hybridized carbons (Fsp3) is 0.636. The van der Waals surface area contributed by atoms with E-state index in [4.69, 9.17) is 9.84 Å². The molecule has 0 spiro atoms. The summed E-state index contributed by atoms with van der Waals surface area (Å²) in [6, 6.07) is 0. The molecule has 0 atom stereocenters. The van der Waals surface area contributed by atoms with Gasteiger partial charge < -0.3 is 9.84 Å². The summed E-state index contributed by atoms with van der Waals surface area (Å²) in [6.45, 7) is 3.45. The van der Waals surface area contributed by atoms with Gasteiger partial charge in [-0.05, 0) is 31.2 Å². The van der Waals surface area contributed by atoms with E-state index in [0.29, 0.717) is 11.6 Å². The first-order valence-electron chi connectivity index (χ1n) is 5.51. The third kappa shape index (κ3) is 2.24. The van der Waals surface area contributed by atoms with Gasteiger partial charge in [-0.1, -0.05) is 0 Å². The van der Waals surface area contributed by atoms with Crippen LogP contribution in [0, 0.1) is 6.92 Å². The maximum absolute atomic E-state index is 10.7. The van der Waals surface area contributed by atoms with E-state index >= 15 is 0 Å². The van der Waals surface area contributed by atoms with Crippen LogP contribution >= 0.6 is 0 Å². The maximum atomic E-state index is 10.7. The lowest BCUT2D eigenvalue weighted by atomic mass is 9.89. The number of aryl methyl sites for hydroxylation is 1. The number of carbonyl (C=O) groups is 1. The van der Waals surface area contributed by atoms with Crippen LogP contribution in [0.25, 0.3) is 0 Å². The van der Waals surface area contributed by atoms with Crippen LogP contribution in [0.15, 0.2) is 0 Å². The maximum Gasteiger partial charge on any atom is 0.309 e. The average Bonchev–Trinajstić information content (AvgIpc) is 2.60. The monoisotopic (exact) mass is 224 g/mol. The number of ether oxygens (including phenoxy) is 1. The van der Waals surface area contributed by atoms with E-state index in [1.165, 1.54) is 0 Å². The van der Waals surface area contributed by atoms with Gasteiger partial charge in [-0.3, -0.25) is 9.89 Å². The van der Waals surface area contributed by atoms with Crippen molar-refractivity contribution >= 4 is 5.97 Å². The minimum atomic E-state index is -0.834. The molecular formula is C11H16N2O3. The molecule has 0 bridgehead atoms. The molecule has 1 saturated heterocycles. The van der Waals surface area contributed by atoms with Crippen molar-refractivity contribution in [2.45, 2.75) is 32.1 Å². The van der Waals surface area contributed by atoms with Crippen LogP contribution in [-0.4, -0.2) is 34.5 Å². The number of carboxylic acid groups (broad SMARTS) is 1. The molecule has 1 aliphatic heterocycles. The van der Waals surface area contributed by atoms with Gasteiger partial charge in [0.15, 0.2) is 0 Å². The molecule has 1 aromatic rings. The Balaban J connectivity index is 2.23. The zero-order chi connectivity index (χ0) is 11.5. The summed E-state index contributed by atoms with van der Waals surface area (Å²) >= 11 is 0. The largest absolute Gasteiger partial charge is 0.481 e. The molecule has 5 heteroatoms. The molecule has 1 aromatic heterocycles. The number of H-pyrrole nitrogens is 1. The van der Waals surface area contributed by atoms with Crippen molar-refractivity contribution in [2.75, 3.05) is 13.2 Å². The zero-order valence-electron chi connectivity index (χ0n) is 9.32. The lowest BCUT2D eigenvalue weighted by Gasteiger charge is -2.22. The standard InChI is InChI=1S/C11H16N2O3/c1-7-11(8-2-4-16-5-3-8)9(13-12-7)6-10(14)15/h8H,2-6H2,1H3,(H,12,13)(H,14,15). The van der Waals surface area contributed by atoms with E-state index in [1.54, 1.807) is 0 Å². The van der Waals surface area contributed by atoms with Gasteiger partial charge in [-0.15, -0.1) is 0 Å². The van der Waals surface area contributed by atoms with Crippen molar-refractivity contribution in [1.82, 2.24) is 10.2 Å². The van der Waals surface area contributed by atoms with E-state index in [1.807, 2.05) is 6.92 Å². The Labute approximate surface area is 93.8 Å². The van der Waals surface area contributed by atoms with Crippen LogP contribution in [-0.2, 0) is 16.0 Å². The van der Waals surface area contributed by atoms with Gasteiger partial charge in [-0.2, -0.15) is 5.10 Å². The number of nitrogens with one attached hydrogen (secondary N) is 1. The van der Waals surface area contributed by atoms with E-state index in [0.717, 1.165) is 37.3 Å². The number of nitrogens with zero attached hydrogens (tertiary/aromatic N) is 1. The molecule has 0 radical (unpaired) electrons. The highest BCUT2D eigenvalue weighted by molar-refractivity contribution is 5.70. The Kier molecular flexibility index (Phi) is 3.24. The lowest BCUT2D eigenvalue weighted by molar-refractivity contribution is -0.136. The molecule has 2 rings (SSSR count). The smallest absolute Gasteiger partial charge is 0.309 e. The minimum Gasteiger partial charge on any atom is -0.481 e. The molecule has 0 saturated carbocycles. The van der Waals surface area contributed by atoms with Crippen molar-refractivity contribution in [3.05, 3.63) is 17.0 Å². The Morgan fingerprint density at radius 2 is 2.25 bits per heavy atom. The van der Waals surface area contributed by atoms with Gasteiger partial charge in [0.2, 0.25) is 0 Å². The molecule has 1 aliphatic rings. The van der Waals surface area contributed by atoms with Crippen molar-refractivity contribution in [2.24, 2.45) is 0 Å². The number of aromatic nitrogens is 2. The molecule has 0 amide bonds. The van der Waals surface area contributed by atoms with Gasteiger partial charge in [-0.25, -0.2) is 0 Å². The second-order valence-electron chi connectivity index (χ2n) is 4.17. The Bertz CT molecular complexity index is 381. The Morgan fingerprint density at radius 3 is 2.88 bits per heavy atom. The lowest BCUT2D eigenvalue weighted by Crippen LogP contribution is -2.16. The van der Waals surface area contributed by atoms with Crippen LogP contribution in [0.1, 0.15) is 35.7 Å². The fourth-order valence-corrected chi connectivity index (χ4v) is 2.29. The molecule has 0 aliphatic carbocycles.